The van der Waals surface area contributed by atoms with Gasteiger partial charge in [-0.1, -0.05) is 0 Å². The highest BCUT2D eigenvalue weighted by Gasteiger charge is 2.23. The predicted octanol–water partition coefficient (Wildman–Crippen LogP) is -1.51. The SMILES string of the molecule is CC(CO)(CO)NC(=O)/C=C\C(=O)O. The second kappa shape index (κ2) is 5.36. The Hall–Kier alpha value is -1.40. The number of carbonyl (C=O) groups excluding carboxylic acids is 1. The quantitative estimate of drug-likeness (QED) is 0.406. The van der Waals surface area contributed by atoms with Crippen molar-refractivity contribution in [2.45, 2.75) is 12.5 Å². The number of rotatable bonds is 5. The Kier molecular flexibility index (Phi) is 4.82. The standard InChI is InChI=1S/C8H13NO5/c1-8(4-10,5-11)9-6(12)2-3-7(13)14/h2-3,10-11H,4-5H2,1H3,(H,9,12)(H,13,14)/b3-2-. The molecule has 0 fully saturated rings. The summed E-state index contributed by atoms with van der Waals surface area (Å²) in [5.41, 5.74) is -1.14. The van der Waals surface area contributed by atoms with E-state index in [1.807, 2.05) is 0 Å². The van der Waals surface area contributed by atoms with Crippen molar-refractivity contribution in [3.8, 4) is 0 Å². The van der Waals surface area contributed by atoms with Gasteiger partial charge >= 0.3 is 5.97 Å². The average molecular weight is 203 g/mol. The number of aliphatic hydroxyl groups is 2. The van der Waals surface area contributed by atoms with Gasteiger partial charge in [0.05, 0.1) is 18.8 Å². The third-order valence-corrected chi connectivity index (χ3v) is 1.50. The molecule has 0 saturated heterocycles. The summed E-state index contributed by atoms with van der Waals surface area (Å²) in [6.45, 7) is 0.561. The van der Waals surface area contributed by atoms with Crippen LogP contribution in [0.3, 0.4) is 0 Å². The van der Waals surface area contributed by atoms with Gasteiger partial charge < -0.3 is 20.6 Å². The van der Waals surface area contributed by atoms with Crippen LogP contribution in [0.5, 0.6) is 0 Å². The number of hydrogen-bond donors (Lipinski definition) is 4. The van der Waals surface area contributed by atoms with Gasteiger partial charge in [-0.15, -0.1) is 0 Å². The van der Waals surface area contributed by atoms with E-state index >= 15 is 0 Å². The monoisotopic (exact) mass is 203 g/mol. The minimum absolute atomic E-state index is 0.434. The van der Waals surface area contributed by atoms with Crippen molar-refractivity contribution < 1.29 is 24.9 Å². The molecule has 0 radical (unpaired) electrons. The first-order valence-corrected chi connectivity index (χ1v) is 3.88. The molecular weight excluding hydrogens is 190 g/mol. The topological polar surface area (TPSA) is 107 Å². The Labute approximate surface area is 80.9 Å². The highest BCUT2D eigenvalue weighted by Crippen LogP contribution is 2.00. The molecule has 4 N–H and O–H groups in total. The Morgan fingerprint density at radius 2 is 1.79 bits per heavy atom. The fourth-order valence-electron chi connectivity index (χ4n) is 0.615. The molecule has 0 bridgehead atoms. The molecule has 0 unspecified atom stereocenters. The average Bonchev–Trinajstić information content (AvgIpc) is 2.14. The van der Waals surface area contributed by atoms with Crippen LogP contribution in [0.2, 0.25) is 0 Å². The van der Waals surface area contributed by atoms with Crippen molar-refractivity contribution in [1.82, 2.24) is 5.32 Å². The molecule has 0 aliphatic carbocycles. The van der Waals surface area contributed by atoms with Crippen LogP contribution in [0.4, 0.5) is 0 Å². The third-order valence-electron chi connectivity index (χ3n) is 1.50. The molecule has 0 heterocycles. The Morgan fingerprint density at radius 3 is 2.14 bits per heavy atom. The first kappa shape index (κ1) is 12.6. The lowest BCUT2D eigenvalue weighted by atomic mass is 10.1. The van der Waals surface area contributed by atoms with Gasteiger partial charge in [0, 0.05) is 12.2 Å². The second-order valence-electron chi connectivity index (χ2n) is 3.04. The number of aliphatic carboxylic acids is 1. The van der Waals surface area contributed by atoms with Crippen LogP contribution < -0.4 is 5.32 Å². The minimum atomic E-state index is -1.24. The molecule has 0 aliphatic rings. The van der Waals surface area contributed by atoms with Gasteiger partial charge in [0.15, 0.2) is 0 Å². The van der Waals surface area contributed by atoms with Crippen LogP contribution >= 0.6 is 0 Å². The summed E-state index contributed by atoms with van der Waals surface area (Å²) in [5.74, 6) is -1.92. The van der Waals surface area contributed by atoms with Crippen molar-refractivity contribution in [2.75, 3.05) is 13.2 Å². The lowest BCUT2D eigenvalue weighted by Gasteiger charge is -2.25. The molecule has 6 nitrogen and oxygen atoms in total. The Balaban J connectivity index is 4.24. The number of amides is 1. The number of nitrogens with one attached hydrogen (secondary N) is 1. The molecule has 0 atom stereocenters. The number of aliphatic hydroxyl groups excluding tert-OH is 2. The Bertz CT molecular complexity index is 244. The van der Waals surface area contributed by atoms with Crippen LogP contribution in [-0.4, -0.2) is 45.9 Å². The Morgan fingerprint density at radius 1 is 1.29 bits per heavy atom. The zero-order chi connectivity index (χ0) is 11.2. The maximum Gasteiger partial charge on any atom is 0.328 e. The molecule has 6 heteroatoms. The molecular formula is C8H13NO5. The van der Waals surface area contributed by atoms with E-state index in [2.05, 4.69) is 5.32 Å². The van der Waals surface area contributed by atoms with Crippen LogP contribution in [0.15, 0.2) is 12.2 Å². The van der Waals surface area contributed by atoms with Gasteiger partial charge in [0.25, 0.3) is 0 Å². The largest absolute Gasteiger partial charge is 0.478 e. The predicted molar refractivity (Wildman–Crippen MR) is 47.5 cm³/mol. The molecule has 1 amide bonds. The van der Waals surface area contributed by atoms with E-state index in [4.69, 9.17) is 15.3 Å². The van der Waals surface area contributed by atoms with Crippen molar-refractivity contribution in [3.05, 3.63) is 12.2 Å². The smallest absolute Gasteiger partial charge is 0.328 e. The summed E-state index contributed by atoms with van der Waals surface area (Å²) in [6.07, 6.45) is 1.48. The highest BCUT2D eigenvalue weighted by molar-refractivity contribution is 5.94. The summed E-state index contributed by atoms with van der Waals surface area (Å²) in [4.78, 5) is 21.0. The summed E-state index contributed by atoms with van der Waals surface area (Å²) in [5, 5.41) is 28.1. The first-order chi connectivity index (χ1) is 6.43. The summed E-state index contributed by atoms with van der Waals surface area (Å²) < 4.78 is 0. The number of carbonyl (C=O) groups is 2. The molecule has 0 aromatic heterocycles. The fourth-order valence-corrected chi connectivity index (χ4v) is 0.615. The van der Waals surface area contributed by atoms with E-state index in [1.165, 1.54) is 6.92 Å². The molecule has 0 aliphatic heterocycles. The van der Waals surface area contributed by atoms with Crippen LogP contribution in [0.25, 0.3) is 0 Å². The highest BCUT2D eigenvalue weighted by atomic mass is 16.4. The van der Waals surface area contributed by atoms with Gasteiger partial charge in [-0.3, -0.25) is 4.79 Å². The molecule has 0 saturated carbocycles. The van der Waals surface area contributed by atoms with Gasteiger partial charge in [-0.2, -0.15) is 0 Å². The van der Waals surface area contributed by atoms with Crippen molar-refractivity contribution in [1.29, 1.82) is 0 Å². The first-order valence-electron chi connectivity index (χ1n) is 3.88. The van der Waals surface area contributed by atoms with Gasteiger partial charge in [-0.05, 0) is 6.92 Å². The van der Waals surface area contributed by atoms with Crippen molar-refractivity contribution in [3.63, 3.8) is 0 Å². The van der Waals surface area contributed by atoms with E-state index < -0.39 is 30.6 Å². The van der Waals surface area contributed by atoms with Crippen molar-refractivity contribution in [2.24, 2.45) is 0 Å². The molecule has 0 aromatic carbocycles. The van der Waals surface area contributed by atoms with Crippen LogP contribution in [-0.2, 0) is 9.59 Å². The van der Waals surface area contributed by atoms with Gasteiger partial charge in [0.2, 0.25) is 5.91 Å². The third kappa shape index (κ3) is 4.58. The molecule has 14 heavy (non-hydrogen) atoms. The van der Waals surface area contributed by atoms with E-state index in [1.54, 1.807) is 0 Å². The molecule has 0 rings (SSSR count). The molecule has 0 spiro atoms. The van der Waals surface area contributed by atoms with Gasteiger partial charge in [-0.25, -0.2) is 4.79 Å². The van der Waals surface area contributed by atoms with E-state index in [0.717, 1.165) is 6.08 Å². The lowest BCUT2D eigenvalue weighted by Crippen LogP contribution is -2.51. The zero-order valence-corrected chi connectivity index (χ0v) is 7.73. The summed E-state index contributed by atoms with van der Waals surface area (Å²) in [7, 11) is 0. The maximum atomic E-state index is 11.0. The lowest BCUT2D eigenvalue weighted by molar-refractivity contribution is -0.131. The molecule has 0 aromatic rings. The van der Waals surface area contributed by atoms with Crippen LogP contribution in [0, 0.1) is 0 Å². The van der Waals surface area contributed by atoms with Crippen LogP contribution in [0.1, 0.15) is 6.92 Å². The minimum Gasteiger partial charge on any atom is -0.478 e. The molecule has 80 valence electrons. The maximum absolute atomic E-state index is 11.0. The summed E-state index contributed by atoms with van der Waals surface area (Å²) >= 11 is 0. The van der Waals surface area contributed by atoms with Gasteiger partial charge in [0.1, 0.15) is 0 Å². The summed E-state index contributed by atoms with van der Waals surface area (Å²) in [6, 6.07) is 0. The second-order valence-corrected chi connectivity index (χ2v) is 3.04. The van der Waals surface area contributed by atoms with Crippen molar-refractivity contribution >= 4 is 11.9 Å². The number of carboxylic acid groups (broad SMARTS) is 1. The van der Waals surface area contributed by atoms with E-state index in [0.29, 0.717) is 6.08 Å². The number of carboxylic acids is 1. The zero-order valence-electron chi connectivity index (χ0n) is 7.73. The number of hydrogen-bond acceptors (Lipinski definition) is 4. The normalized spacial score (nSPS) is 11.6. The fraction of sp³-hybridized carbons (Fsp3) is 0.500. The van der Waals surface area contributed by atoms with E-state index in [9.17, 15) is 9.59 Å². The van der Waals surface area contributed by atoms with E-state index in [-0.39, 0.29) is 0 Å².